The number of esters is 1. The Bertz CT molecular complexity index is 1200. The summed E-state index contributed by atoms with van der Waals surface area (Å²) in [6.45, 7) is 10.8. The molecule has 0 amide bonds. The summed E-state index contributed by atoms with van der Waals surface area (Å²) >= 11 is 0. The molecular formula is C27H34F4N4O4. The van der Waals surface area contributed by atoms with E-state index < -0.39 is 35.2 Å². The number of nitrogens with zero attached hydrogens (tertiary/aromatic N) is 3. The van der Waals surface area contributed by atoms with Crippen LogP contribution in [0, 0.1) is 5.82 Å². The van der Waals surface area contributed by atoms with Gasteiger partial charge in [0, 0.05) is 49.9 Å². The highest BCUT2D eigenvalue weighted by molar-refractivity contribution is 6.16. The van der Waals surface area contributed by atoms with E-state index >= 15 is 0 Å². The molecule has 0 spiro atoms. The molecule has 2 aliphatic rings. The zero-order valence-corrected chi connectivity index (χ0v) is 22.5. The van der Waals surface area contributed by atoms with Gasteiger partial charge >= 0.3 is 12.1 Å². The average molecular weight is 555 g/mol. The van der Waals surface area contributed by atoms with E-state index in [1.54, 1.807) is 38.7 Å². The number of hydrogen-bond donors (Lipinski definition) is 1. The molecule has 1 saturated heterocycles. The van der Waals surface area contributed by atoms with E-state index in [1.807, 2.05) is 0 Å². The van der Waals surface area contributed by atoms with E-state index in [-0.39, 0.29) is 35.7 Å². The van der Waals surface area contributed by atoms with Crippen molar-refractivity contribution >= 4 is 11.5 Å². The number of aromatic amines is 1. The van der Waals surface area contributed by atoms with Crippen molar-refractivity contribution in [2.24, 2.45) is 0 Å². The number of hydrogen-bond acceptors (Lipinski definition) is 7. The molecule has 3 heterocycles. The predicted octanol–water partition coefficient (Wildman–Crippen LogP) is 4.36. The van der Waals surface area contributed by atoms with Crippen molar-refractivity contribution in [1.82, 2.24) is 20.0 Å². The van der Waals surface area contributed by atoms with Crippen molar-refractivity contribution in [3.05, 3.63) is 52.7 Å². The van der Waals surface area contributed by atoms with Gasteiger partial charge in [0.2, 0.25) is 0 Å². The van der Waals surface area contributed by atoms with Gasteiger partial charge in [-0.2, -0.15) is 18.3 Å². The Kier molecular flexibility index (Phi) is 8.55. The molecular weight excluding hydrogens is 520 g/mol. The minimum absolute atomic E-state index is 0.0976. The summed E-state index contributed by atoms with van der Waals surface area (Å²) < 4.78 is 72.8. The van der Waals surface area contributed by atoms with Gasteiger partial charge in [-0.25, -0.2) is 9.18 Å². The quantitative estimate of drug-likeness (QED) is 0.384. The fourth-order valence-electron chi connectivity index (χ4n) is 4.91. The molecule has 0 bridgehead atoms. The fraction of sp³-hybridized carbons (Fsp3) is 0.556. The van der Waals surface area contributed by atoms with Gasteiger partial charge in [-0.15, -0.1) is 0 Å². The van der Waals surface area contributed by atoms with Crippen LogP contribution in [0.5, 0.6) is 5.75 Å². The van der Waals surface area contributed by atoms with Gasteiger partial charge in [-0.1, -0.05) is 19.9 Å². The van der Waals surface area contributed by atoms with Gasteiger partial charge in [-0.3, -0.25) is 10.00 Å². The maximum Gasteiger partial charge on any atom is 0.433 e. The highest BCUT2D eigenvalue weighted by Gasteiger charge is 2.45. The van der Waals surface area contributed by atoms with Crippen molar-refractivity contribution in [2.75, 3.05) is 46.0 Å². The number of halogens is 4. The van der Waals surface area contributed by atoms with E-state index in [1.165, 1.54) is 18.3 Å². The lowest BCUT2D eigenvalue weighted by Crippen LogP contribution is -2.38. The highest BCUT2D eigenvalue weighted by atomic mass is 19.4. The molecule has 12 heteroatoms. The maximum atomic E-state index is 14.9. The van der Waals surface area contributed by atoms with Gasteiger partial charge in [-0.05, 0) is 31.5 Å². The van der Waals surface area contributed by atoms with Crippen LogP contribution in [-0.4, -0.2) is 78.1 Å². The van der Waals surface area contributed by atoms with E-state index in [0.717, 1.165) is 13.1 Å². The second-order valence-corrected chi connectivity index (χ2v) is 10.7. The Labute approximate surface area is 224 Å². The molecule has 1 N–H and O–H groups in total. The molecule has 0 aliphatic carbocycles. The molecule has 2 aliphatic heterocycles. The van der Waals surface area contributed by atoms with Crippen molar-refractivity contribution in [3.63, 3.8) is 0 Å². The van der Waals surface area contributed by atoms with E-state index in [0.29, 0.717) is 31.9 Å². The number of benzene rings is 1. The van der Waals surface area contributed by atoms with Crippen LogP contribution in [0.15, 0.2) is 24.4 Å². The smallest absolute Gasteiger partial charge is 0.433 e. The molecule has 214 valence electrons. The zero-order valence-electron chi connectivity index (χ0n) is 22.5. The van der Waals surface area contributed by atoms with Crippen LogP contribution < -0.4 is 4.74 Å². The number of aromatic nitrogens is 2. The summed E-state index contributed by atoms with van der Waals surface area (Å²) in [4.78, 5) is 16.8. The number of rotatable bonds is 8. The second kappa shape index (κ2) is 11.5. The zero-order chi connectivity index (χ0) is 28.4. The van der Waals surface area contributed by atoms with Crippen LogP contribution in [0.2, 0.25) is 0 Å². The normalized spacial score (nSPS) is 18.0. The Morgan fingerprint density at radius 1 is 1.23 bits per heavy atom. The maximum absolute atomic E-state index is 14.9. The average Bonchev–Trinajstić information content (AvgIpc) is 3.27. The molecule has 2 aromatic rings. The first-order valence-electron chi connectivity index (χ1n) is 12.9. The number of morpholine rings is 1. The lowest BCUT2D eigenvalue weighted by Gasteiger charge is -2.31. The van der Waals surface area contributed by atoms with Gasteiger partial charge in [0.15, 0.2) is 11.6 Å². The van der Waals surface area contributed by atoms with Crippen LogP contribution >= 0.6 is 0 Å². The Balaban J connectivity index is 1.55. The molecule has 1 fully saturated rings. The first-order chi connectivity index (χ1) is 18.3. The standard InChI is InChI=1S/C27H34F4N4O4/c1-17(2)39-25(36)19-15-35(16-26(3,4)22-23(19)32-33-24(22)27(29,30)31)14-18-5-6-21(20(28)13-18)38-12-9-34-7-10-37-11-8-34/h5-6,13,15,17H,7-12,14,16H2,1-4H3,(H,32,33). The van der Waals surface area contributed by atoms with Crippen LogP contribution in [0.3, 0.4) is 0 Å². The monoisotopic (exact) mass is 554 g/mol. The third-order valence-corrected chi connectivity index (χ3v) is 6.61. The number of H-pyrrole nitrogens is 1. The van der Waals surface area contributed by atoms with Crippen LogP contribution in [-0.2, 0) is 32.4 Å². The number of carbonyl (C=O) groups is 1. The Hall–Kier alpha value is -3.12. The van der Waals surface area contributed by atoms with E-state index in [2.05, 4.69) is 15.1 Å². The first-order valence-corrected chi connectivity index (χ1v) is 12.9. The van der Waals surface area contributed by atoms with Crippen molar-refractivity contribution < 1.29 is 36.6 Å². The fourth-order valence-corrected chi connectivity index (χ4v) is 4.91. The molecule has 8 nitrogen and oxygen atoms in total. The van der Waals surface area contributed by atoms with E-state index in [4.69, 9.17) is 14.2 Å². The minimum atomic E-state index is -4.69. The second-order valence-electron chi connectivity index (χ2n) is 10.7. The number of alkyl halides is 3. The number of ether oxygens (including phenoxy) is 3. The molecule has 0 radical (unpaired) electrons. The molecule has 0 unspecified atom stereocenters. The Morgan fingerprint density at radius 3 is 2.59 bits per heavy atom. The summed E-state index contributed by atoms with van der Waals surface area (Å²) in [5, 5.41) is 5.97. The summed E-state index contributed by atoms with van der Waals surface area (Å²) in [7, 11) is 0. The minimum Gasteiger partial charge on any atom is -0.489 e. The van der Waals surface area contributed by atoms with Gasteiger partial charge in [0.25, 0.3) is 0 Å². The van der Waals surface area contributed by atoms with E-state index in [9.17, 15) is 22.4 Å². The van der Waals surface area contributed by atoms with Crippen molar-refractivity contribution in [3.8, 4) is 5.75 Å². The third kappa shape index (κ3) is 6.91. The van der Waals surface area contributed by atoms with Gasteiger partial charge < -0.3 is 19.1 Å². The molecule has 39 heavy (non-hydrogen) atoms. The Morgan fingerprint density at radius 2 is 1.95 bits per heavy atom. The summed E-state index contributed by atoms with van der Waals surface area (Å²) in [6.07, 6.45) is -3.73. The molecule has 0 saturated carbocycles. The number of fused-ring (bicyclic) bond motifs is 1. The van der Waals surface area contributed by atoms with Crippen LogP contribution in [0.1, 0.15) is 50.2 Å². The first kappa shape index (κ1) is 28.9. The largest absolute Gasteiger partial charge is 0.489 e. The third-order valence-electron chi connectivity index (χ3n) is 6.61. The number of carbonyl (C=O) groups excluding carboxylic acids is 1. The summed E-state index contributed by atoms with van der Waals surface area (Å²) in [5.41, 5.74) is -1.81. The summed E-state index contributed by atoms with van der Waals surface area (Å²) in [5.74, 6) is -1.21. The topological polar surface area (TPSA) is 79.9 Å². The molecule has 4 rings (SSSR count). The van der Waals surface area contributed by atoms with Gasteiger partial charge in [0.05, 0.1) is 19.3 Å². The van der Waals surface area contributed by atoms with Crippen LogP contribution in [0.25, 0.3) is 5.57 Å². The lowest BCUT2D eigenvalue weighted by molar-refractivity contribution is -0.142. The molecule has 1 aromatic carbocycles. The number of nitrogens with one attached hydrogen (secondary N) is 1. The van der Waals surface area contributed by atoms with Crippen molar-refractivity contribution in [1.29, 1.82) is 0 Å². The summed E-state index contributed by atoms with van der Waals surface area (Å²) in [6, 6.07) is 4.57. The van der Waals surface area contributed by atoms with Crippen LogP contribution in [0.4, 0.5) is 17.6 Å². The SMILES string of the molecule is CC(C)OC(=O)C1=CN(Cc2ccc(OCCN3CCOCC3)c(F)c2)CC(C)(C)c2c1n[nH]c2C(F)(F)F. The van der Waals surface area contributed by atoms with Crippen molar-refractivity contribution in [2.45, 2.75) is 51.9 Å². The molecule has 1 aromatic heterocycles. The highest BCUT2D eigenvalue weighted by Crippen LogP contribution is 2.42. The predicted molar refractivity (Wildman–Crippen MR) is 135 cm³/mol. The molecule has 0 atom stereocenters. The van der Waals surface area contributed by atoms with Gasteiger partial charge in [0.1, 0.15) is 23.6 Å². The lowest BCUT2D eigenvalue weighted by atomic mass is 9.81.